The van der Waals surface area contributed by atoms with Crippen LogP contribution in [0.4, 0.5) is 11.5 Å². The Labute approximate surface area is 162 Å². The molecule has 2 aromatic heterocycles. The standard InChI is InChI=1S/C19H20N4O2S2/c24-27(25,23-9-1-2-10-23)14-6-3-5-13(11-14)22-18-17-15-7-4-8-16(15)26-19(17)21-12-20-18/h3,5-6,11-12H,1-2,4,7-10H2,(H,20,21,22). The van der Waals surface area contributed by atoms with Crippen LogP contribution in [0, 0.1) is 0 Å². The number of anilines is 2. The number of nitrogens with one attached hydrogen (secondary N) is 1. The Bertz CT molecular complexity index is 1120. The van der Waals surface area contributed by atoms with Gasteiger partial charge in [0.2, 0.25) is 10.0 Å². The molecule has 0 saturated carbocycles. The van der Waals surface area contributed by atoms with E-state index in [1.165, 1.54) is 16.9 Å². The van der Waals surface area contributed by atoms with Gasteiger partial charge in [-0.1, -0.05) is 6.07 Å². The minimum atomic E-state index is -3.43. The normalized spacial score (nSPS) is 17.5. The maximum Gasteiger partial charge on any atom is 0.243 e. The predicted octanol–water partition coefficient (Wildman–Crippen LogP) is 3.71. The summed E-state index contributed by atoms with van der Waals surface area (Å²) < 4.78 is 27.2. The average Bonchev–Trinajstić information content (AvgIpc) is 3.39. The first kappa shape index (κ1) is 17.1. The van der Waals surface area contributed by atoms with Crippen molar-refractivity contribution in [2.75, 3.05) is 18.4 Å². The van der Waals surface area contributed by atoms with Gasteiger partial charge < -0.3 is 5.32 Å². The summed E-state index contributed by atoms with van der Waals surface area (Å²) in [4.78, 5) is 11.6. The second-order valence-electron chi connectivity index (χ2n) is 7.02. The summed E-state index contributed by atoms with van der Waals surface area (Å²) in [6.07, 6.45) is 6.77. The first-order valence-corrected chi connectivity index (χ1v) is 11.5. The lowest BCUT2D eigenvalue weighted by atomic mass is 10.2. The minimum Gasteiger partial charge on any atom is -0.340 e. The van der Waals surface area contributed by atoms with Crippen molar-refractivity contribution in [2.45, 2.75) is 37.0 Å². The third kappa shape index (κ3) is 2.92. The van der Waals surface area contributed by atoms with Crippen LogP contribution in [-0.2, 0) is 22.9 Å². The summed E-state index contributed by atoms with van der Waals surface area (Å²) in [5.74, 6) is 0.759. The van der Waals surface area contributed by atoms with Crippen LogP contribution in [0.5, 0.6) is 0 Å². The molecule has 1 aliphatic carbocycles. The minimum absolute atomic E-state index is 0.329. The maximum atomic E-state index is 12.8. The molecule has 1 saturated heterocycles. The Kier molecular flexibility index (Phi) is 4.14. The van der Waals surface area contributed by atoms with E-state index in [-0.39, 0.29) is 0 Å². The largest absolute Gasteiger partial charge is 0.340 e. The van der Waals surface area contributed by atoms with E-state index < -0.39 is 10.0 Å². The van der Waals surface area contributed by atoms with Crippen LogP contribution in [0.1, 0.15) is 29.7 Å². The number of rotatable bonds is 4. The molecule has 1 fully saturated rings. The highest BCUT2D eigenvalue weighted by Gasteiger charge is 2.27. The zero-order valence-corrected chi connectivity index (χ0v) is 16.4. The molecule has 0 radical (unpaired) electrons. The van der Waals surface area contributed by atoms with Crippen LogP contribution >= 0.6 is 11.3 Å². The number of sulfonamides is 1. The summed E-state index contributed by atoms with van der Waals surface area (Å²) in [6.45, 7) is 1.21. The second-order valence-corrected chi connectivity index (χ2v) is 10.0. The second kappa shape index (κ2) is 6.54. The van der Waals surface area contributed by atoms with Gasteiger partial charge >= 0.3 is 0 Å². The third-order valence-corrected chi connectivity index (χ3v) is 8.40. The van der Waals surface area contributed by atoms with E-state index in [4.69, 9.17) is 0 Å². The summed E-state index contributed by atoms with van der Waals surface area (Å²) in [5.41, 5.74) is 2.08. The molecule has 6 nitrogen and oxygen atoms in total. The van der Waals surface area contributed by atoms with Gasteiger partial charge in [0.25, 0.3) is 0 Å². The van der Waals surface area contributed by atoms with Gasteiger partial charge in [0.05, 0.1) is 10.3 Å². The van der Waals surface area contributed by atoms with Gasteiger partial charge in [-0.15, -0.1) is 11.3 Å². The monoisotopic (exact) mass is 400 g/mol. The molecule has 27 heavy (non-hydrogen) atoms. The molecule has 3 heterocycles. The smallest absolute Gasteiger partial charge is 0.243 e. The Morgan fingerprint density at radius 2 is 1.93 bits per heavy atom. The van der Waals surface area contributed by atoms with Crippen LogP contribution in [-0.4, -0.2) is 35.8 Å². The number of aryl methyl sites for hydroxylation is 2. The fourth-order valence-electron chi connectivity index (χ4n) is 3.97. The predicted molar refractivity (Wildman–Crippen MR) is 107 cm³/mol. The van der Waals surface area contributed by atoms with Gasteiger partial charge in [-0.25, -0.2) is 18.4 Å². The molecule has 2 aliphatic rings. The highest BCUT2D eigenvalue weighted by Crippen LogP contribution is 2.39. The molecule has 1 N–H and O–H groups in total. The number of benzene rings is 1. The first-order valence-electron chi connectivity index (χ1n) is 9.25. The topological polar surface area (TPSA) is 75.2 Å². The van der Waals surface area contributed by atoms with Gasteiger partial charge in [0, 0.05) is 23.7 Å². The van der Waals surface area contributed by atoms with Crippen molar-refractivity contribution in [3.63, 3.8) is 0 Å². The van der Waals surface area contributed by atoms with Gasteiger partial charge in [-0.05, 0) is 55.9 Å². The summed E-state index contributed by atoms with van der Waals surface area (Å²) in [6, 6.07) is 7.02. The van der Waals surface area contributed by atoms with Crippen molar-refractivity contribution < 1.29 is 8.42 Å². The number of nitrogens with zero attached hydrogens (tertiary/aromatic N) is 3. The van der Waals surface area contributed by atoms with E-state index in [2.05, 4.69) is 15.3 Å². The summed E-state index contributed by atoms with van der Waals surface area (Å²) in [7, 11) is -3.43. The van der Waals surface area contributed by atoms with Gasteiger partial charge in [0.15, 0.2) is 0 Å². The lowest BCUT2D eigenvalue weighted by molar-refractivity contribution is 0.477. The van der Waals surface area contributed by atoms with E-state index in [0.717, 1.165) is 47.4 Å². The molecule has 0 atom stereocenters. The van der Waals surface area contributed by atoms with Crippen LogP contribution in [0.3, 0.4) is 0 Å². The molecular formula is C19H20N4O2S2. The number of thiophene rings is 1. The molecule has 1 aromatic carbocycles. The van der Waals surface area contributed by atoms with Crippen molar-refractivity contribution in [1.29, 1.82) is 0 Å². The molecule has 5 rings (SSSR count). The molecule has 0 bridgehead atoms. The molecule has 0 unspecified atom stereocenters. The average molecular weight is 401 g/mol. The lowest BCUT2D eigenvalue weighted by Gasteiger charge is -2.16. The highest BCUT2D eigenvalue weighted by molar-refractivity contribution is 7.89. The van der Waals surface area contributed by atoms with Crippen LogP contribution < -0.4 is 5.32 Å². The highest BCUT2D eigenvalue weighted by atomic mass is 32.2. The van der Waals surface area contributed by atoms with Gasteiger partial charge in [0.1, 0.15) is 17.0 Å². The van der Waals surface area contributed by atoms with Crippen LogP contribution in [0.2, 0.25) is 0 Å². The maximum absolute atomic E-state index is 12.8. The number of hydrogen-bond donors (Lipinski definition) is 1. The van der Waals surface area contributed by atoms with Crippen molar-refractivity contribution in [1.82, 2.24) is 14.3 Å². The van der Waals surface area contributed by atoms with Crippen molar-refractivity contribution in [3.8, 4) is 0 Å². The third-order valence-electron chi connectivity index (χ3n) is 5.30. The van der Waals surface area contributed by atoms with Crippen LogP contribution in [0.25, 0.3) is 10.2 Å². The van der Waals surface area contributed by atoms with Crippen molar-refractivity contribution >= 4 is 43.1 Å². The SMILES string of the molecule is O=S(=O)(c1cccc(Nc2ncnc3sc4c(c23)CCC4)c1)N1CCCC1. The quantitative estimate of drug-likeness (QED) is 0.723. The van der Waals surface area contributed by atoms with Gasteiger partial charge in [-0.2, -0.15) is 4.31 Å². The molecule has 8 heteroatoms. The molecule has 0 amide bonds. The Morgan fingerprint density at radius 3 is 2.78 bits per heavy atom. The number of aromatic nitrogens is 2. The molecule has 0 spiro atoms. The van der Waals surface area contributed by atoms with Crippen molar-refractivity contribution in [2.24, 2.45) is 0 Å². The van der Waals surface area contributed by atoms with Gasteiger partial charge in [-0.3, -0.25) is 0 Å². The molecule has 3 aromatic rings. The molecule has 1 aliphatic heterocycles. The Balaban J connectivity index is 1.51. The van der Waals surface area contributed by atoms with E-state index in [1.54, 1.807) is 40.2 Å². The van der Waals surface area contributed by atoms with E-state index in [0.29, 0.717) is 18.0 Å². The number of hydrogen-bond acceptors (Lipinski definition) is 6. The Morgan fingerprint density at radius 1 is 1.07 bits per heavy atom. The van der Waals surface area contributed by atoms with E-state index in [9.17, 15) is 8.42 Å². The molecular weight excluding hydrogens is 380 g/mol. The summed E-state index contributed by atoms with van der Waals surface area (Å²) >= 11 is 1.74. The zero-order valence-electron chi connectivity index (χ0n) is 14.8. The van der Waals surface area contributed by atoms with E-state index in [1.807, 2.05) is 6.07 Å². The van der Waals surface area contributed by atoms with Crippen molar-refractivity contribution in [3.05, 3.63) is 41.0 Å². The summed E-state index contributed by atoms with van der Waals surface area (Å²) in [5, 5.41) is 4.42. The van der Waals surface area contributed by atoms with E-state index >= 15 is 0 Å². The number of fused-ring (bicyclic) bond motifs is 3. The lowest BCUT2D eigenvalue weighted by Crippen LogP contribution is -2.27. The van der Waals surface area contributed by atoms with Crippen LogP contribution in [0.15, 0.2) is 35.5 Å². The fraction of sp³-hybridized carbons (Fsp3) is 0.368. The first-order chi connectivity index (χ1) is 13.1. The Hall–Kier alpha value is -2.03. The fourth-order valence-corrected chi connectivity index (χ4v) is 6.76. The molecule has 140 valence electrons. The zero-order chi connectivity index (χ0) is 18.4.